The maximum atomic E-state index is 6.13. The summed E-state index contributed by atoms with van der Waals surface area (Å²) in [6.45, 7) is 14.6. The monoisotopic (exact) mass is 310 g/mol. The van der Waals surface area contributed by atoms with Gasteiger partial charge >= 0.3 is 0 Å². The predicted octanol–water partition coefficient (Wildman–Crippen LogP) is 4.37. The first kappa shape index (κ1) is 18.5. The summed E-state index contributed by atoms with van der Waals surface area (Å²) in [5.74, 6) is 0. The first-order valence-electron chi connectivity index (χ1n) is 8.18. The van der Waals surface area contributed by atoms with Crippen LogP contribution in [0.5, 0.6) is 0 Å². The number of hydrogen-bond donors (Lipinski definition) is 1. The maximum Gasteiger partial charge on any atom is 0.0408 e. The van der Waals surface area contributed by atoms with Crippen molar-refractivity contribution in [3.8, 4) is 0 Å². The molecule has 0 radical (unpaired) electrons. The number of halogens is 1. The van der Waals surface area contributed by atoms with E-state index in [0.29, 0.717) is 6.04 Å². The molecular weight excluding hydrogens is 280 g/mol. The van der Waals surface area contributed by atoms with E-state index in [1.165, 1.54) is 5.56 Å². The lowest BCUT2D eigenvalue weighted by Gasteiger charge is -2.44. The third kappa shape index (κ3) is 5.28. The second kappa shape index (κ2) is 8.77. The molecule has 0 amide bonds. The van der Waals surface area contributed by atoms with Gasteiger partial charge in [-0.05, 0) is 64.0 Å². The molecule has 1 unspecified atom stereocenters. The van der Waals surface area contributed by atoms with Gasteiger partial charge in [-0.3, -0.25) is 4.90 Å². The van der Waals surface area contributed by atoms with E-state index < -0.39 is 0 Å². The van der Waals surface area contributed by atoms with Crippen LogP contribution in [-0.4, -0.2) is 36.1 Å². The number of likely N-dealkylation sites (N-methyl/N-ethyl adjacent to an activating group) is 1. The molecule has 1 N–H and O–H groups in total. The summed E-state index contributed by atoms with van der Waals surface area (Å²) < 4.78 is 0. The first-order chi connectivity index (χ1) is 9.95. The standard InChI is InChI=1S/C18H31ClN2/c1-6-12-20-17(18(4,5)21(7-2)8-3)14-15-10-9-11-16(19)13-15/h9-11,13,17,20H,6-8,12,14H2,1-5H3. The fraction of sp³-hybridized carbons (Fsp3) is 0.667. The second-order valence-electron chi connectivity index (χ2n) is 6.17. The summed E-state index contributed by atoms with van der Waals surface area (Å²) in [7, 11) is 0. The summed E-state index contributed by atoms with van der Waals surface area (Å²) in [5.41, 5.74) is 1.41. The van der Waals surface area contributed by atoms with E-state index in [4.69, 9.17) is 11.6 Å². The highest BCUT2D eigenvalue weighted by atomic mass is 35.5. The van der Waals surface area contributed by atoms with E-state index in [9.17, 15) is 0 Å². The van der Waals surface area contributed by atoms with E-state index in [-0.39, 0.29) is 5.54 Å². The number of hydrogen-bond acceptors (Lipinski definition) is 2. The van der Waals surface area contributed by atoms with Crippen LogP contribution in [0.15, 0.2) is 24.3 Å². The molecule has 0 heterocycles. The Hall–Kier alpha value is -0.570. The molecule has 0 aliphatic rings. The minimum absolute atomic E-state index is 0.112. The Balaban J connectivity index is 2.93. The average molecular weight is 311 g/mol. The van der Waals surface area contributed by atoms with Gasteiger partial charge in [-0.15, -0.1) is 0 Å². The van der Waals surface area contributed by atoms with Crippen LogP contribution in [0.2, 0.25) is 5.02 Å². The largest absolute Gasteiger partial charge is 0.312 e. The van der Waals surface area contributed by atoms with Crippen molar-refractivity contribution in [3.63, 3.8) is 0 Å². The number of rotatable bonds is 9. The second-order valence-corrected chi connectivity index (χ2v) is 6.60. The summed E-state index contributed by atoms with van der Waals surface area (Å²) >= 11 is 6.13. The van der Waals surface area contributed by atoms with Crippen LogP contribution in [0.4, 0.5) is 0 Å². The quantitative estimate of drug-likeness (QED) is 0.728. The molecule has 0 bridgehead atoms. The van der Waals surface area contributed by atoms with Crippen LogP contribution >= 0.6 is 11.6 Å². The Kier molecular flexibility index (Phi) is 7.72. The Morgan fingerprint density at radius 2 is 1.86 bits per heavy atom. The summed E-state index contributed by atoms with van der Waals surface area (Å²) in [4.78, 5) is 2.53. The zero-order chi connectivity index (χ0) is 15.9. The molecule has 0 aromatic heterocycles. The Morgan fingerprint density at radius 1 is 1.19 bits per heavy atom. The Morgan fingerprint density at radius 3 is 2.38 bits per heavy atom. The van der Waals surface area contributed by atoms with E-state index in [1.54, 1.807) is 0 Å². The molecule has 0 spiro atoms. The van der Waals surface area contributed by atoms with Crippen LogP contribution in [0.1, 0.15) is 46.6 Å². The van der Waals surface area contributed by atoms with Crippen molar-refractivity contribution in [2.75, 3.05) is 19.6 Å². The fourth-order valence-electron chi connectivity index (χ4n) is 3.05. The molecule has 1 rings (SSSR count). The van der Waals surface area contributed by atoms with Crippen molar-refractivity contribution >= 4 is 11.6 Å². The summed E-state index contributed by atoms with van der Waals surface area (Å²) in [6, 6.07) is 8.65. The van der Waals surface area contributed by atoms with Crippen molar-refractivity contribution in [1.29, 1.82) is 0 Å². The van der Waals surface area contributed by atoms with Gasteiger partial charge in [0.15, 0.2) is 0 Å². The number of benzene rings is 1. The minimum Gasteiger partial charge on any atom is -0.312 e. The Labute approximate surface area is 135 Å². The molecule has 0 saturated heterocycles. The minimum atomic E-state index is 0.112. The van der Waals surface area contributed by atoms with Crippen molar-refractivity contribution in [3.05, 3.63) is 34.9 Å². The van der Waals surface area contributed by atoms with Gasteiger partial charge in [-0.1, -0.05) is 44.5 Å². The van der Waals surface area contributed by atoms with Gasteiger partial charge < -0.3 is 5.32 Å². The van der Waals surface area contributed by atoms with Gasteiger partial charge in [0.1, 0.15) is 0 Å². The van der Waals surface area contributed by atoms with Crippen LogP contribution in [0, 0.1) is 0 Å². The smallest absolute Gasteiger partial charge is 0.0408 e. The molecule has 0 saturated carbocycles. The fourth-order valence-corrected chi connectivity index (χ4v) is 3.26. The molecule has 1 atom stereocenters. The average Bonchev–Trinajstić information content (AvgIpc) is 2.44. The van der Waals surface area contributed by atoms with Crippen molar-refractivity contribution in [2.45, 2.75) is 59.0 Å². The molecule has 2 nitrogen and oxygen atoms in total. The normalized spacial score (nSPS) is 13.7. The predicted molar refractivity (Wildman–Crippen MR) is 94.2 cm³/mol. The Bertz CT molecular complexity index is 413. The van der Waals surface area contributed by atoms with Crippen LogP contribution in [-0.2, 0) is 6.42 Å². The molecule has 3 heteroatoms. The van der Waals surface area contributed by atoms with Crippen molar-refractivity contribution in [1.82, 2.24) is 10.2 Å². The van der Waals surface area contributed by atoms with Gasteiger partial charge in [-0.2, -0.15) is 0 Å². The van der Waals surface area contributed by atoms with Gasteiger partial charge in [0.05, 0.1) is 0 Å². The van der Waals surface area contributed by atoms with E-state index in [2.05, 4.69) is 57.0 Å². The van der Waals surface area contributed by atoms with Gasteiger partial charge in [-0.25, -0.2) is 0 Å². The first-order valence-corrected chi connectivity index (χ1v) is 8.56. The molecule has 0 aliphatic carbocycles. The number of nitrogens with one attached hydrogen (secondary N) is 1. The van der Waals surface area contributed by atoms with Crippen LogP contribution in [0.3, 0.4) is 0 Å². The zero-order valence-corrected chi connectivity index (χ0v) is 15.0. The van der Waals surface area contributed by atoms with E-state index in [1.807, 2.05) is 12.1 Å². The number of nitrogens with zero attached hydrogens (tertiary/aromatic N) is 1. The van der Waals surface area contributed by atoms with Crippen molar-refractivity contribution in [2.24, 2.45) is 0 Å². The third-order valence-corrected chi connectivity index (χ3v) is 4.64. The SMILES string of the molecule is CCCNC(Cc1cccc(Cl)c1)C(C)(C)N(CC)CC. The third-order valence-electron chi connectivity index (χ3n) is 4.40. The van der Waals surface area contributed by atoms with Gasteiger partial charge in [0, 0.05) is 16.6 Å². The topological polar surface area (TPSA) is 15.3 Å². The maximum absolute atomic E-state index is 6.13. The van der Waals surface area contributed by atoms with Gasteiger partial charge in [0.25, 0.3) is 0 Å². The lowest BCUT2D eigenvalue weighted by atomic mass is 9.87. The molecule has 0 fully saturated rings. The lowest BCUT2D eigenvalue weighted by molar-refractivity contribution is 0.0911. The van der Waals surface area contributed by atoms with Crippen LogP contribution < -0.4 is 5.32 Å². The van der Waals surface area contributed by atoms with Crippen LogP contribution in [0.25, 0.3) is 0 Å². The summed E-state index contributed by atoms with van der Waals surface area (Å²) in [6.07, 6.45) is 2.16. The van der Waals surface area contributed by atoms with E-state index in [0.717, 1.165) is 37.5 Å². The lowest BCUT2D eigenvalue weighted by Crippen LogP contribution is -2.58. The molecular formula is C18H31ClN2. The summed E-state index contributed by atoms with van der Waals surface area (Å²) in [5, 5.41) is 4.56. The molecule has 120 valence electrons. The van der Waals surface area contributed by atoms with E-state index >= 15 is 0 Å². The van der Waals surface area contributed by atoms with Gasteiger partial charge in [0.2, 0.25) is 0 Å². The molecule has 0 aliphatic heterocycles. The van der Waals surface area contributed by atoms with Crippen molar-refractivity contribution < 1.29 is 0 Å². The molecule has 21 heavy (non-hydrogen) atoms. The zero-order valence-electron chi connectivity index (χ0n) is 14.2. The highest BCUT2D eigenvalue weighted by Gasteiger charge is 2.33. The molecule has 1 aromatic carbocycles. The highest BCUT2D eigenvalue weighted by molar-refractivity contribution is 6.30. The molecule has 1 aromatic rings. The highest BCUT2D eigenvalue weighted by Crippen LogP contribution is 2.23.